The van der Waals surface area contributed by atoms with Crippen molar-refractivity contribution in [1.82, 2.24) is 15.3 Å². The molecule has 0 saturated carbocycles. The SMILES string of the molecule is C[C@H](NC(=O)CCc1nc2sc3c(c2c(=O)[nH]1)CCCC3)c1ccc(Cl)cc1. The Labute approximate surface area is 172 Å². The number of carbonyl (C=O) groups excluding carboxylic acids is 1. The van der Waals surface area contributed by atoms with Crippen molar-refractivity contribution in [3.63, 3.8) is 0 Å². The molecule has 1 atom stereocenters. The van der Waals surface area contributed by atoms with Gasteiger partial charge in [-0.1, -0.05) is 23.7 Å². The summed E-state index contributed by atoms with van der Waals surface area (Å²) < 4.78 is 0. The molecule has 3 aromatic rings. The number of thiophene rings is 1. The van der Waals surface area contributed by atoms with E-state index in [4.69, 9.17) is 11.6 Å². The Bertz CT molecular complexity index is 1070. The number of fused-ring (bicyclic) bond motifs is 3. The maximum atomic E-state index is 12.6. The van der Waals surface area contributed by atoms with Gasteiger partial charge in [0.05, 0.1) is 11.4 Å². The van der Waals surface area contributed by atoms with Crippen LogP contribution in [0.4, 0.5) is 0 Å². The molecule has 0 unspecified atom stereocenters. The fourth-order valence-corrected chi connectivity index (χ4v) is 5.11. The van der Waals surface area contributed by atoms with Crippen molar-refractivity contribution in [3.05, 3.63) is 61.5 Å². The molecule has 2 N–H and O–H groups in total. The molecule has 28 heavy (non-hydrogen) atoms. The number of rotatable bonds is 5. The summed E-state index contributed by atoms with van der Waals surface area (Å²) in [6.07, 6.45) is 4.99. The highest BCUT2D eigenvalue weighted by atomic mass is 35.5. The predicted octanol–water partition coefficient (Wildman–Crippen LogP) is 4.33. The number of halogens is 1. The van der Waals surface area contributed by atoms with E-state index in [2.05, 4.69) is 15.3 Å². The Kier molecular flexibility index (Phi) is 5.51. The van der Waals surface area contributed by atoms with Crippen molar-refractivity contribution in [2.75, 3.05) is 0 Å². The van der Waals surface area contributed by atoms with Gasteiger partial charge in [0.25, 0.3) is 5.56 Å². The van der Waals surface area contributed by atoms with E-state index in [1.165, 1.54) is 16.9 Å². The van der Waals surface area contributed by atoms with Gasteiger partial charge in [-0.15, -0.1) is 11.3 Å². The van der Waals surface area contributed by atoms with Gasteiger partial charge in [-0.2, -0.15) is 0 Å². The second-order valence-electron chi connectivity index (χ2n) is 7.24. The predicted molar refractivity (Wildman–Crippen MR) is 113 cm³/mol. The molecule has 0 bridgehead atoms. The van der Waals surface area contributed by atoms with Gasteiger partial charge < -0.3 is 10.3 Å². The molecule has 2 aromatic heterocycles. The van der Waals surface area contributed by atoms with Gasteiger partial charge in [-0.25, -0.2) is 4.98 Å². The van der Waals surface area contributed by atoms with Crippen LogP contribution in [0.25, 0.3) is 10.2 Å². The normalized spacial score (nSPS) is 14.6. The topological polar surface area (TPSA) is 74.8 Å². The standard InChI is InChI=1S/C21H22ClN3O2S/c1-12(13-6-8-14(22)9-7-13)23-18(26)11-10-17-24-20(27)19-15-4-2-3-5-16(15)28-21(19)25-17/h6-9,12H,2-5,10-11H2,1H3,(H,23,26)(H,24,25,27)/t12-/m0/s1. The molecule has 146 valence electrons. The number of hydrogen-bond donors (Lipinski definition) is 2. The Morgan fingerprint density at radius 2 is 2.04 bits per heavy atom. The molecule has 2 heterocycles. The van der Waals surface area contributed by atoms with Crippen molar-refractivity contribution in [1.29, 1.82) is 0 Å². The van der Waals surface area contributed by atoms with E-state index in [-0.39, 0.29) is 23.9 Å². The molecule has 1 aliphatic carbocycles. The van der Waals surface area contributed by atoms with E-state index >= 15 is 0 Å². The highest BCUT2D eigenvalue weighted by Gasteiger charge is 2.20. The molecule has 0 aliphatic heterocycles. The summed E-state index contributed by atoms with van der Waals surface area (Å²) in [5, 5.41) is 4.40. The largest absolute Gasteiger partial charge is 0.350 e. The van der Waals surface area contributed by atoms with Gasteiger partial charge in [0, 0.05) is 22.7 Å². The number of amides is 1. The van der Waals surface area contributed by atoms with Crippen molar-refractivity contribution >= 4 is 39.1 Å². The Hall–Kier alpha value is -2.18. The maximum absolute atomic E-state index is 12.6. The summed E-state index contributed by atoms with van der Waals surface area (Å²) >= 11 is 7.53. The second kappa shape index (κ2) is 8.05. The second-order valence-corrected chi connectivity index (χ2v) is 8.76. The first kappa shape index (κ1) is 19.2. The number of aromatic amines is 1. The monoisotopic (exact) mass is 415 g/mol. The molecule has 5 nitrogen and oxygen atoms in total. The lowest BCUT2D eigenvalue weighted by Crippen LogP contribution is -2.27. The lowest BCUT2D eigenvalue weighted by Gasteiger charge is -2.14. The zero-order chi connectivity index (χ0) is 19.7. The number of H-pyrrole nitrogens is 1. The van der Waals surface area contributed by atoms with Crippen molar-refractivity contribution in [2.24, 2.45) is 0 Å². The number of carbonyl (C=O) groups is 1. The number of nitrogens with one attached hydrogen (secondary N) is 2. The van der Waals surface area contributed by atoms with Gasteiger partial charge in [0.2, 0.25) is 5.91 Å². The summed E-state index contributed by atoms with van der Waals surface area (Å²) in [4.78, 5) is 34.5. The highest BCUT2D eigenvalue weighted by molar-refractivity contribution is 7.18. The van der Waals surface area contributed by atoms with Crippen LogP contribution in [0.1, 0.15) is 54.1 Å². The fourth-order valence-electron chi connectivity index (χ4n) is 3.71. The van der Waals surface area contributed by atoms with Crippen LogP contribution >= 0.6 is 22.9 Å². The average molecular weight is 416 g/mol. The minimum absolute atomic E-state index is 0.0735. The zero-order valence-corrected chi connectivity index (χ0v) is 17.3. The molecular formula is C21H22ClN3O2S. The first-order valence-electron chi connectivity index (χ1n) is 9.59. The quantitative estimate of drug-likeness (QED) is 0.651. The van der Waals surface area contributed by atoms with Gasteiger partial charge in [-0.3, -0.25) is 9.59 Å². The van der Waals surface area contributed by atoms with Crippen LogP contribution in [0.5, 0.6) is 0 Å². The first-order valence-corrected chi connectivity index (χ1v) is 10.8. The average Bonchev–Trinajstić information content (AvgIpc) is 3.05. The smallest absolute Gasteiger partial charge is 0.259 e. The Balaban J connectivity index is 1.43. The fraction of sp³-hybridized carbons (Fsp3) is 0.381. The third kappa shape index (κ3) is 3.98. The summed E-state index contributed by atoms with van der Waals surface area (Å²) in [6, 6.07) is 7.31. The van der Waals surface area contributed by atoms with Gasteiger partial charge in [0.1, 0.15) is 10.7 Å². The van der Waals surface area contributed by atoms with E-state index < -0.39 is 0 Å². The summed E-state index contributed by atoms with van der Waals surface area (Å²) in [5.41, 5.74) is 2.10. The third-order valence-electron chi connectivity index (χ3n) is 5.21. The summed E-state index contributed by atoms with van der Waals surface area (Å²) in [7, 11) is 0. The van der Waals surface area contributed by atoms with Crippen LogP contribution in [-0.4, -0.2) is 15.9 Å². The van der Waals surface area contributed by atoms with Crippen LogP contribution in [0.15, 0.2) is 29.1 Å². The number of hydrogen-bond acceptors (Lipinski definition) is 4. The maximum Gasteiger partial charge on any atom is 0.259 e. The highest BCUT2D eigenvalue weighted by Crippen LogP contribution is 2.33. The number of nitrogens with zero attached hydrogens (tertiary/aromatic N) is 1. The minimum Gasteiger partial charge on any atom is -0.350 e. The molecule has 7 heteroatoms. The molecule has 0 radical (unpaired) electrons. The van der Waals surface area contributed by atoms with Gasteiger partial charge in [-0.05, 0) is 55.9 Å². The van der Waals surface area contributed by atoms with Crippen LogP contribution in [-0.2, 0) is 24.1 Å². The minimum atomic E-state index is -0.108. The van der Waals surface area contributed by atoms with Crippen molar-refractivity contribution < 1.29 is 4.79 Å². The summed E-state index contributed by atoms with van der Waals surface area (Å²) in [5.74, 6) is 0.501. The molecule has 0 spiro atoms. The van der Waals surface area contributed by atoms with Crippen LogP contribution in [0.3, 0.4) is 0 Å². The van der Waals surface area contributed by atoms with Crippen molar-refractivity contribution in [3.8, 4) is 0 Å². The van der Waals surface area contributed by atoms with Crippen LogP contribution < -0.4 is 10.9 Å². The Morgan fingerprint density at radius 3 is 2.82 bits per heavy atom. The molecule has 0 saturated heterocycles. The van der Waals surface area contributed by atoms with E-state index in [0.29, 0.717) is 17.3 Å². The van der Waals surface area contributed by atoms with Gasteiger partial charge in [0.15, 0.2) is 0 Å². The number of aromatic nitrogens is 2. The first-order chi connectivity index (χ1) is 13.5. The van der Waals surface area contributed by atoms with E-state index in [1.54, 1.807) is 11.3 Å². The number of aryl methyl sites for hydroxylation is 3. The molecule has 1 amide bonds. The molecule has 1 aromatic carbocycles. The Morgan fingerprint density at radius 1 is 1.29 bits per heavy atom. The molecule has 1 aliphatic rings. The lowest BCUT2D eigenvalue weighted by atomic mass is 9.97. The number of benzene rings is 1. The third-order valence-corrected chi connectivity index (χ3v) is 6.65. The van der Waals surface area contributed by atoms with Gasteiger partial charge >= 0.3 is 0 Å². The molecule has 4 rings (SSSR count). The zero-order valence-electron chi connectivity index (χ0n) is 15.7. The van der Waals surface area contributed by atoms with Crippen molar-refractivity contribution in [2.45, 2.75) is 51.5 Å². The molecule has 0 fully saturated rings. The lowest BCUT2D eigenvalue weighted by molar-refractivity contribution is -0.121. The van der Waals surface area contributed by atoms with E-state index in [1.807, 2.05) is 31.2 Å². The van der Waals surface area contributed by atoms with E-state index in [0.717, 1.165) is 35.0 Å². The van der Waals surface area contributed by atoms with E-state index in [9.17, 15) is 9.59 Å². The summed E-state index contributed by atoms with van der Waals surface area (Å²) in [6.45, 7) is 1.93. The van der Waals surface area contributed by atoms with Crippen LogP contribution in [0.2, 0.25) is 5.02 Å². The molecular weight excluding hydrogens is 394 g/mol. The van der Waals surface area contributed by atoms with Crippen LogP contribution in [0, 0.1) is 0 Å².